The first-order valence-corrected chi connectivity index (χ1v) is 17.4. The number of likely N-dealkylation sites (N-methyl/N-ethyl adjacent to an activating group) is 1. The Morgan fingerprint density at radius 2 is 1.84 bits per heavy atom. The molecule has 2 atom stereocenters. The fourth-order valence-electron chi connectivity index (χ4n) is 7.51. The highest BCUT2D eigenvalue weighted by Gasteiger charge is 2.33. The SMILES string of the molecule is COc1c(CN2CC[C@H](C(=O)O)C2)cc(Cl)c(O[C@H]2CCc3c(-c4cccc(NC(=O)c5nc6c(n5C)CCN(C)C6)c4Cl)cccc32)c1F. The number of rotatable bonds is 9. The number of fused-ring (bicyclic) bond motifs is 2. The molecule has 3 aromatic carbocycles. The van der Waals surface area contributed by atoms with E-state index in [2.05, 4.69) is 15.2 Å². The average molecular weight is 723 g/mol. The first-order chi connectivity index (χ1) is 24.0. The number of carboxylic acids is 1. The predicted octanol–water partition coefficient (Wildman–Crippen LogP) is 6.75. The van der Waals surface area contributed by atoms with Gasteiger partial charge in [0.15, 0.2) is 17.3 Å². The van der Waals surface area contributed by atoms with E-state index in [4.69, 9.17) is 32.7 Å². The number of amides is 1. The summed E-state index contributed by atoms with van der Waals surface area (Å²) in [5.74, 6) is -2.04. The summed E-state index contributed by atoms with van der Waals surface area (Å²) >= 11 is 13.6. The lowest BCUT2D eigenvalue weighted by Gasteiger charge is -2.22. The van der Waals surface area contributed by atoms with Gasteiger partial charge in [-0.25, -0.2) is 4.98 Å². The summed E-state index contributed by atoms with van der Waals surface area (Å²) in [5, 5.41) is 12.9. The average Bonchev–Trinajstić information content (AvgIpc) is 3.81. The van der Waals surface area contributed by atoms with E-state index in [1.807, 2.05) is 53.9 Å². The third-order valence-electron chi connectivity index (χ3n) is 10.1. The number of carbonyl (C=O) groups is 2. The number of imidazole rings is 1. The van der Waals surface area contributed by atoms with E-state index in [0.717, 1.165) is 46.6 Å². The maximum Gasteiger partial charge on any atom is 0.307 e. The molecule has 0 saturated carbocycles. The van der Waals surface area contributed by atoms with Gasteiger partial charge in [-0.3, -0.25) is 14.5 Å². The molecule has 7 rings (SSSR count). The number of hydrogen-bond donors (Lipinski definition) is 2. The second-order valence-electron chi connectivity index (χ2n) is 13.3. The van der Waals surface area contributed by atoms with E-state index in [9.17, 15) is 14.7 Å². The largest absolute Gasteiger partial charge is 0.493 e. The number of nitrogens with one attached hydrogen (secondary N) is 1. The van der Waals surface area contributed by atoms with Gasteiger partial charge in [0.25, 0.3) is 5.91 Å². The number of carboxylic acid groups (broad SMARTS) is 1. The van der Waals surface area contributed by atoms with Crippen molar-refractivity contribution in [2.45, 2.75) is 44.9 Å². The number of nitrogens with zero attached hydrogens (tertiary/aromatic N) is 4. The number of ether oxygens (including phenoxy) is 2. The molecule has 0 radical (unpaired) electrons. The third kappa shape index (κ3) is 6.32. The lowest BCUT2D eigenvalue weighted by molar-refractivity contribution is -0.141. The van der Waals surface area contributed by atoms with E-state index in [1.165, 1.54) is 7.11 Å². The summed E-state index contributed by atoms with van der Waals surface area (Å²) in [6.07, 6.45) is 2.13. The Morgan fingerprint density at radius 1 is 1.06 bits per heavy atom. The van der Waals surface area contributed by atoms with E-state index in [1.54, 1.807) is 12.1 Å². The van der Waals surface area contributed by atoms with E-state index < -0.39 is 23.8 Å². The van der Waals surface area contributed by atoms with Crippen LogP contribution in [-0.4, -0.2) is 70.1 Å². The van der Waals surface area contributed by atoms with Crippen molar-refractivity contribution in [2.75, 3.05) is 39.1 Å². The number of hydrogen-bond acceptors (Lipinski definition) is 7. The van der Waals surface area contributed by atoms with Crippen LogP contribution >= 0.6 is 23.2 Å². The Balaban J connectivity index is 1.12. The van der Waals surface area contributed by atoms with Crippen molar-refractivity contribution in [3.63, 3.8) is 0 Å². The van der Waals surface area contributed by atoms with E-state index in [0.29, 0.717) is 67.5 Å². The lowest BCUT2D eigenvalue weighted by atomic mass is 9.96. The smallest absolute Gasteiger partial charge is 0.307 e. The van der Waals surface area contributed by atoms with Crippen LogP contribution in [0.5, 0.6) is 11.5 Å². The number of anilines is 1. The summed E-state index contributed by atoms with van der Waals surface area (Å²) in [5.41, 5.74) is 6.55. The normalized spacial score (nSPS) is 18.9. The van der Waals surface area contributed by atoms with Gasteiger partial charge in [-0.05, 0) is 61.7 Å². The molecule has 262 valence electrons. The van der Waals surface area contributed by atoms with Gasteiger partial charge in [0.2, 0.25) is 5.82 Å². The number of carbonyl (C=O) groups excluding carboxylic acids is 1. The number of methoxy groups -OCH3 is 1. The molecule has 1 aliphatic carbocycles. The van der Waals surface area contributed by atoms with Gasteiger partial charge in [-0.1, -0.05) is 53.5 Å². The maximum atomic E-state index is 16.0. The molecule has 2 aliphatic heterocycles. The minimum atomic E-state index is -0.832. The van der Waals surface area contributed by atoms with Gasteiger partial charge in [0, 0.05) is 56.5 Å². The molecule has 2 N–H and O–H groups in total. The van der Waals surface area contributed by atoms with Crippen LogP contribution in [0.1, 0.15) is 57.6 Å². The van der Waals surface area contributed by atoms with Crippen LogP contribution in [0.15, 0.2) is 42.5 Å². The molecule has 1 saturated heterocycles. The zero-order valence-corrected chi connectivity index (χ0v) is 29.6. The van der Waals surface area contributed by atoms with Crippen molar-refractivity contribution in [1.29, 1.82) is 0 Å². The number of aromatic nitrogens is 2. The number of benzene rings is 3. The molecule has 0 bridgehead atoms. The molecule has 50 heavy (non-hydrogen) atoms. The van der Waals surface area contributed by atoms with Crippen molar-refractivity contribution in [3.8, 4) is 22.6 Å². The molecule has 13 heteroatoms. The molecule has 3 aliphatic rings. The predicted molar refractivity (Wildman–Crippen MR) is 189 cm³/mol. The summed E-state index contributed by atoms with van der Waals surface area (Å²) in [6, 6.07) is 13.0. The topological polar surface area (TPSA) is 109 Å². The summed E-state index contributed by atoms with van der Waals surface area (Å²) in [4.78, 5) is 33.6. The highest BCUT2D eigenvalue weighted by molar-refractivity contribution is 6.36. The van der Waals surface area contributed by atoms with Crippen LogP contribution in [-0.2, 0) is 37.8 Å². The minimum Gasteiger partial charge on any atom is -0.493 e. The first kappa shape index (κ1) is 34.3. The molecule has 4 aromatic rings. The Kier molecular flexibility index (Phi) is 9.51. The highest BCUT2D eigenvalue weighted by Crippen LogP contribution is 2.46. The van der Waals surface area contributed by atoms with E-state index >= 15 is 4.39 Å². The molecular weight excluding hydrogens is 684 g/mol. The third-order valence-corrected chi connectivity index (χ3v) is 10.8. The Hall–Kier alpha value is -4.16. The Bertz CT molecular complexity index is 2000. The van der Waals surface area contributed by atoms with Crippen LogP contribution in [0.4, 0.5) is 10.1 Å². The quantitative estimate of drug-likeness (QED) is 0.195. The molecule has 1 fully saturated rings. The van der Waals surface area contributed by atoms with Crippen LogP contribution in [0, 0.1) is 11.7 Å². The minimum absolute atomic E-state index is 0.0267. The monoisotopic (exact) mass is 721 g/mol. The van der Waals surface area contributed by atoms with Gasteiger partial charge in [0.05, 0.1) is 34.5 Å². The first-order valence-electron chi connectivity index (χ1n) is 16.7. The fourth-order valence-corrected chi connectivity index (χ4v) is 8.04. The van der Waals surface area contributed by atoms with E-state index in [-0.39, 0.29) is 22.4 Å². The molecule has 0 unspecified atom stereocenters. The second kappa shape index (κ2) is 13.9. The van der Waals surface area contributed by atoms with Crippen LogP contribution < -0.4 is 14.8 Å². The second-order valence-corrected chi connectivity index (χ2v) is 14.1. The standard InChI is InChI=1S/C37H38Cl2FN5O5/c1-43-14-13-29-28(19-43)41-35(44(29)2)36(46)42-27-9-5-8-25(31(27)39)22-6-4-7-24-23(22)10-11-30(24)50-34-26(38)16-21(33(49-3)32(34)40)18-45-15-12-20(17-45)37(47)48/h4-9,16,20,30H,10-15,17-19H2,1-3H3,(H,42,46)(H,47,48)/t20-,30-/m0/s1. The summed E-state index contributed by atoms with van der Waals surface area (Å²) < 4.78 is 29.6. The van der Waals surface area contributed by atoms with Gasteiger partial charge in [-0.2, -0.15) is 4.39 Å². The van der Waals surface area contributed by atoms with Gasteiger partial charge in [-0.15, -0.1) is 0 Å². The molecule has 1 aromatic heterocycles. The zero-order chi connectivity index (χ0) is 35.3. The number of aliphatic carboxylic acids is 1. The van der Waals surface area contributed by atoms with Crippen molar-refractivity contribution < 1.29 is 28.6 Å². The van der Waals surface area contributed by atoms with Crippen LogP contribution in [0.3, 0.4) is 0 Å². The summed E-state index contributed by atoms with van der Waals surface area (Å²) in [7, 11) is 5.30. The van der Waals surface area contributed by atoms with Gasteiger partial charge >= 0.3 is 5.97 Å². The maximum absolute atomic E-state index is 16.0. The van der Waals surface area contributed by atoms with Gasteiger partial charge in [0.1, 0.15) is 6.10 Å². The highest BCUT2D eigenvalue weighted by atomic mass is 35.5. The fraction of sp³-hybridized carbons (Fsp3) is 0.378. The zero-order valence-electron chi connectivity index (χ0n) is 28.1. The summed E-state index contributed by atoms with van der Waals surface area (Å²) in [6.45, 7) is 2.88. The van der Waals surface area contributed by atoms with Crippen molar-refractivity contribution in [3.05, 3.63) is 92.2 Å². The van der Waals surface area contributed by atoms with Crippen molar-refractivity contribution in [1.82, 2.24) is 19.4 Å². The Labute approximate surface area is 299 Å². The molecule has 0 spiro atoms. The van der Waals surface area contributed by atoms with Crippen molar-refractivity contribution in [2.24, 2.45) is 13.0 Å². The molecule has 3 heterocycles. The lowest BCUT2D eigenvalue weighted by Crippen LogP contribution is -2.27. The van der Waals surface area contributed by atoms with Gasteiger partial charge < -0.3 is 29.4 Å². The molecule has 1 amide bonds. The number of likely N-dealkylation sites (tertiary alicyclic amines) is 1. The van der Waals surface area contributed by atoms with Crippen LogP contribution in [0.2, 0.25) is 10.0 Å². The van der Waals surface area contributed by atoms with Crippen molar-refractivity contribution >= 4 is 40.8 Å². The van der Waals surface area contributed by atoms with Crippen LogP contribution in [0.25, 0.3) is 11.1 Å². The molecule has 10 nitrogen and oxygen atoms in total. The molecular formula is C37H38Cl2FN5O5. The Morgan fingerprint density at radius 3 is 2.60 bits per heavy atom. The number of halogens is 3.